The quantitative estimate of drug-likeness (QED) is 0.346. The Bertz CT molecular complexity index is 1360. The van der Waals surface area contributed by atoms with E-state index in [9.17, 15) is 23.1 Å². The Morgan fingerprint density at radius 2 is 1.76 bits per heavy atom. The molecule has 2 aromatic heterocycles. The topological polar surface area (TPSA) is 60.1 Å². The molecule has 4 aromatic rings. The van der Waals surface area contributed by atoms with E-state index in [0.717, 1.165) is 21.3 Å². The van der Waals surface area contributed by atoms with Gasteiger partial charge in [0.2, 0.25) is 5.88 Å². The maximum Gasteiger partial charge on any atom is 0.446 e. The van der Waals surface area contributed by atoms with Crippen molar-refractivity contribution in [1.29, 1.82) is 0 Å². The molecule has 10 heteroatoms. The number of benzene rings is 2. The van der Waals surface area contributed by atoms with Crippen molar-refractivity contribution in [3.8, 4) is 22.7 Å². The maximum absolute atomic E-state index is 13.2. The second-order valence-corrected chi connectivity index (χ2v) is 8.71. The number of aromatic hydroxyl groups is 1. The van der Waals surface area contributed by atoms with Crippen LogP contribution in [0.4, 0.5) is 13.2 Å². The van der Waals surface area contributed by atoms with E-state index in [2.05, 4.69) is 4.98 Å². The number of hydrogen-bond acceptors (Lipinski definition) is 4. The van der Waals surface area contributed by atoms with Gasteiger partial charge < -0.3 is 5.11 Å². The van der Waals surface area contributed by atoms with E-state index in [0.29, 0.717) is 10.7 Å². The minimum atomic E-state index is -4.41. The molecule has 2 heterocycles. The third kappa shape index (κ3) is 4.79. The lowest BCUT2D eigenvalue weighted by Gasteiger charge is -2.11. The number of alkyl halides is 3. The van der Waals surface area contributed by atoms with Crippen LogP contribution < -0.4 is 5.69 Å². The third-order valence-corrected chi connectivity index (χ3v) is 6.16. The monoisotopic (exact) mass is 491 g/mol. The van der Waals surface area contributed by atoms with Crippen LogP contribution in [0.25, 0.3) is 16.8 Å². The van der Waals surface area contributed by atoms with Gasteiger partial charge in [-0.2, -0.15) is 13.2 Å². The van der Waals surface area contributed by atoms with Crippen LogP contribution in [0, 0.1) is 6.92 Å². The van der Waals surface area contributed by atoms with Crippen LogP contribution in [0.2, 0.25) is 5.02 Å². The summed E-state index contributed by atoms with van der Waals surface area (Å²) in [5.74, 6) is -0.287. The Morgan fingerprint density at radius 3 is 2.42 bits per heavy atom. The molecule has 0 unspecified atom stereocenters. The van der Waals surface area contributed by atoms with Crippen LogP contribution in [-0.4, -0.2) is 24.7 Å². The average molecular weight is 492 g/mol. The van der Waals surface area contributed by atoms with E-state index in [1.54, 1.807) is 31.5 Å². The van der Waals surface area contributed by atoms with Gasteiger partial charge in [0, 0.05) is 33.4 Å². The molecule has 0 radical (unpaired) electrons. The van der Waals surface area contributed by atoms with Gasteiger partial charge >= 0.3 is 11.2 Å². The molecule has 0 fully saturated rings. The summed E-state index contributed by atoms with van der Waals surface area (Å²) in [4.78, 5) is 17.3. The highest BCUT2D eigenvalue weighted by Gasteiger charge is 2.29. The van der Waals surface area contributed by atoms with E-state index < -0.39 is 11.2 Å². The molecule has 0 aliphatic rings. The van der Waals surface area contributed by atoms with Gasteiger partial charge in [-0.05, 0) is 60.6 Å². The Kier molecular flexibility index (Phi) is 6.27. The van der Waals surface area contributed by atoms with Crippen molar-refractivity contribution in [3.05, 3.63) is 93.8 Å². The van der Waals surface area contributed by atoms with Gasteiger partial charge in [0.1, 0.15) is 0 Å². The Balaban J connectivity index is 1.73. The molecule has 170 valence electrons. The number of rotatable bonds is 5. The smallest absolute Gasteiger partial charge is 0.446 e. The highest BCUT2D eigenvalue weighted by atomic mass is 35.5. The van der Waals surface area contributed by atoms with Crippen LogP contribution in [0.15, 0.2) is 76.7 Å². The van der Waals surface area contributed by atoms with E-state index in [1.807, 2.05) is 18.2 Å². The third-order valence-electron chi connectivity index (χ3n) is 5.09. The molecule has 0 amide bonds. The standard InChI is InChI=1S/C23H17ClF3N3O2S/c1-14-21(31)30(16-6-8-17(9-7-16)33-23(25,26)27)22(32)29(14)13-15-10-11-28-12-19(15)18-4-2-3-5-20(18)24/h2-12,31H,13H2,1H3. The van der Waals surface area contributed by atoms with Gasteiger partial charge in [0.15, 0.2) is 0 Å². The van der Waals surface area contributed by atoms with Crippen molar-refractivity contribution >= 4 is 23.4 Å². The van der Waals surface area contributed by atoms with Gasteiger partial charge in [-0.3, -0.25) is 9.55 Å². The zero-order valence-electron chi connectivity index (χ0n) is 17.2. The molecule has 0 saturated heterocycles. The van der Waals surface area contributed by atoms with Crippen molar-refractivity contribution < 1.29 is 18.3 Å². The summed E-state index contributed by atoms with van der Waals surface area (Å²) < 4.78 is 40.2. The van der Waals surface area contributed by atoms with Crippen molar-refractivity contribution in [2.75, 3.05) is 0 Å². The van der Waals surface area contributed by atoms with Crippen LogP contribution in [0.1, 0.15) is 11.3 Å². The van der Waals surface area contributed by atoms with Crippen LogP contribution >= 0.6 is 23.4 Å². The van der Waals surface area contributed by atoms with Gasteiger partial charge in [0.25, 0.3) is 0 Å². The fraction of sp³-hybridized carbons (Fsp3) is 0.130. The number of hydrogen-bond donors (Lipinski definition) is 1. The minimum absolute atomic E-state index is 0.0175. The summed E-state index contributed by atoms with van der Waals surface area (Å²) >= 11 is 6.10. The van der Waals surface area contributed by atoms with E-state index in [4.69, 9.17) is 11.6 Å². The predicted octanol–water partition coefficient (Wildman–Crippen LogP) is 6.03. The first-order valence-corrected chi connectivity index (χ1v) is 10.9. The summed E-state index contributed by atoms with van der Waals surface area (Å²) in [6.07, 6.45) is 3.26. The Labute approximate surface area is 196 Å². The first kappa shape index (κ1) is 23.0. The molecule has 0 atom stereocenters. The summed E-state index contributed by atoms with van der Waals surface area (Å²) in [5.41, 5.74) is -2.10. The number of halogens is 4. The first-order valence-electron chi connectivity index (χ1n) is 9.71. The van der Waals surface area contributed by atoms with Crippen molar-refractivity contribution in [1.82, 2.24) is 14.1 Å². The molecule has 0 bridgehead atoms. The number of aromatic nitrogens is 3. The van der Waals surface area contributed by atoms with Crippen molar-refractivity contribution in [3.63, 3.8) is 0 Å². The highest BCUT2D eigenvalue weighted by molar-refractivity contribution is 8.00. The fourth-order valence-electron chi connectivity index (χ4n) is 3.51. The molecule has 0 saturated carbocycles. The number of imidazole rings is 1. The fourth-order valence-corrected chi connectivity index (χ4v) is 4.28. The average Bonchev–Trinajstić information content (AvgIpc) is 2.97. The predicted molar refractivity (Wildman–Crippen MR) is 122 cm³/mol. The summed E-state index contributed by atoms with van der Waals surface area (Å²) in [5, 5.41) is 11.2. The van der Waals surface area contributed by atoms with Gasteiger partial charge in [0.05, 0.1) is 17.9 Å². The maximum atomic E-state index is 13.2. The molecular formula is C23H17ClF3N3O2S. The lowest BCUT2D eigenvalue weighted by molar-refractivity contribution is -0.0328. The molecule has 0 aliphatic carbocycles. The second kappa shape index (κ2) is 8.99. The summed E-state index contributed by atoms with van der Waals surface area (Å²) in [6, 6.07) is 14.3. The largest absolute Gasteiger partial charge is 0.493 e. The van der Waals surface area contributed by atoms with E-state index in [-0.39, 0.29) is 34.8 Å². The van der Waals surface area contributed by atoms with Crippen LogP contribution in [0.5, 0.6) is 5.88 Å². The SMILES string of the molecule is Cc1c(O)n(-c2ccc(SC(F)(F)F)cc2)c(=O)n1Cc1ccncc1-c1ccccc1Cl. The molecular weight excluding hydrogens is 475 g/mol. The normalized spacial score (nSPS) is 11.7. The van der Waals surface area contributed by atoms with Crippen molar-refractivity contribution in [2.45, 2.75) is 23.9 Å². The molecule has 0 aliphatic heterocycles. The number of thioether (sulfide) groups is 1. The van der Waals surface area contributed by atoms with Gasteiger partial charge in [-0.15, -0.1) is 0 Å². The lowest BCUT2D eigenvalue weighted by atomic mass is 10.0. The number of nitrogens with zero attached hydrogens (tertiary/aromatic N) is 3. The minimum Gasteiger partial charge on any atom is -0.493 e. The van der Waals surface area contributed by atoms with Crippen LogP contribution in [-0.2, 0) is 6.54 Å². The van der Waals surface area contributed by atoms with Gasteiger partial charge in [-0.25, -0.2) is 9.36 Å². The molecule has 2 aromatic carbocycles. The number of pyridine rings is 1. The Morgan fingerprint density at radius 1 is 1.06 bits per heavy atom. The first-order chi connectivity index (χ1) is 15.7. The van der Waals surface area contributed by atoms with Gasteiger partial charge in [-0.1, -0.05) is 29.8 Å². The van der Waals surface area contributed by atoms with E-state index >= 15 is 0 Å². The lowest BCUT2D eigenvalue weighted by Crippen LogP contribution is -2.24. The second-order valence-electron chi connectivity index (χ2n) is 7.17. The zero-order valence-corrected chi connectivity index (χ0v) is 18.7. The summed E-state index contributed by atoms with van der Waals surface area (Å²) in [7, 11) is 0. The summed E-state index contributed by atoms with van der Waals surface area (Å²) in [6.45, 7) is 1.73. The molecule has 33 heavy (non-hydrogen) atoms. The molecule has 4 rings (SSSR count). The van der Waals surface area contributed by atoms with Crippen molar-refractivity contribution in [2.24, 2.45) is 0 Å². The highest BCUT2D eigenvalue weighted by Crippen LogP contribution is 2.37. The van der Waals surface area contributed by atoms with E-state index in [1.165, 1.54) is 28.8 Å². The molecule has 1 N–H and O–H groups in total. The van der Waals surface area contributed by atoms with Crippen LogP contribution in [0.3, 0.4) is 0 Å². The molecule has 0 spiro atoms. The zero-order chi connectivity index (χ0) is 23.8. The Hall–Kier alpha value is -3.17. The molecule has 5 nitrogen and oxygen atoms in total.